The molecule has 0 saturated carbocycles. The van der Waals surface area contributed by atoms with Crippen LogP contribution >= 0.6 is 0 Å². The van der Waals surface area contributed by atoms with E-state index in [1.54, 1.807) is 0 Å². The monoisotopic (exact) mass is 214 g/mol. The Labute approximate surface area is 94.2 Å². The standard InChI is InChI=1S/C8H21B3O4/c1-5-7(3,9-12)14-10-8(4,6-2)15-11-13/h9-13H,5-6H2,1-4H3. The van der Waals surface area contributed by atoms with Gasteiger partial charge in [0.05, 0.1) is 5.50 Å². The fraction of sp³-hybridized carbons (Fsp3) is 1.00. The molecule has 2 atom stereocenters. The van der Waals surface area contributed by atoms with Gasteiger partial charge in [-0.15, -0.1) is 0 Å². The van der Waals surface area contributed by atoms with Crippen LogP contribution < -0.4 is 0 Å². The quantitative estimate of drug-likeness (QED) is 0.520. The Morgan fingerprint density at radius 1 is 1.00 bits per heavy atom. The molecular formula is C8H21B3O4. The van der Waals surface area contributed by atoms with Crippen LogP contribution in [-0.2, 0) is 9.31 Å². The van der Waals surface area contributed by atoms with Crippen LogP contribution in [0.25, 0.3) is 0 Å². The fourth-order valence-electron chi connectivity index (χ4n) is 0.988. The summed E-state index contributed by atoms with van der Waals surface area (Å²) in [7, 11) is 0.0487. The summed E-state index contributed by atoms with van der Waals surface area (Å²) >= 11 is 0. The molecule has 0 bridgehead atoms. The molecule has 0 spiro atoms. The lowest BCUT2D eigenvalue weighted by molar-refractivity contribution is 0.0955. The highest BCUT2D eigenvalue weighted by Gasteiger charge is 2.31. The zero-order chi connectivity index (χ0) is 11.9. The Morgan fingerprint density at radius 3 is 1.87 bits per heavy atom. The molecule has 0 aliphatic heterocycles. The molecular weight excluding hydrogens is 193 g/mol. The van der Waals surface area contributed by atoms with Gasteiger partial charge in [0, 0.05) is 5.50 Å². The molecule has 0 aromatic heterocycles. The van der Waals surface area contributed by atoms with E-state index in [4.69, 9.17) is 19.4 Å². The van der Waals surface area contributed by atoms with Crippen molar-refractivity contribution in [3.8, 4) is 0 Å². The molecule has 0 saturated heterocycles. The largest absolute Gasteiger partial charge is 0.451 e. The fourth-order valence-corrected chi connectivity index (χ4v) is 0.988. The first-order chi connectivity index (χ1) is 6.95. The molecule has 2 unspecified atom stereocenters. The second-order valence-corrected chi connectivity index (χ2v) is 4.33. The van der Waals surface area contributed by atoms with E-state index in [2.05, 4.69) is 0 Å². The third kappa shape index (κ3) is 5.06. The molecule has 86 valence electrons. The van der Waals surface area contributed by atoms with Crippen molar-refractivity contribution in [3.63, 3.8) is 0 Å². The third-order valence-electron chi connectivity index (χ3n) is 2.97. The van der Waals surface area contributed by atoms with Crippen molar-refractivity contribution < 1.29 is 19.4 Å². The van der Waals surface area contributed by atoms with Crippen molar-refractivity contribution in [2.45, 2.75) is 51.5 Å². The highest BCUT2D eigenvalue weighted by atomic mass is 16.5. The molecule has 15 heavy (non-hydrogen) atoms. The lowest BCUT2D eigenvalue weighted by atomic mass is 9.68. The Bertz CT molecular complexity index is 177. The number of rotatable bonds is 8. The van der Waals surface area contributed by atoms with Gasteiger partial charge in [-0.25, -0.2) is 0 Å². The van der Waals surface area contributed by atoms with Crippen molar-refractivity contribution >= 4 is 22.6 Å². The first-order valence-corrected chi connectivity index (χ1v) is 5.45. The summed E-state index contributed by atoms with van der Waals surface area (Å²) < 4.78 is 10.9. The van der Waals surface area contributed by atoms with Gasteiger partial charge in [-0.1, -0.05) is 13.8 Å². The summed E-state index contributed by atoms with van der Waals surface area (Å²) in [6, 6.07) is 0. The maximum Gasteiger partial charge on any atom is 0.435 e. The summed E-state index contributed by atoms with van der Waals surface area (Å²) in [5.41, 5.74) is -1.00. The molecule has 0 heterocycles. The van der Waals surface area contributed by atoms with Crippen LogP contribution in [0.5, 0.6) is 0 Å². The normalized spacial score (nSPS) is 18.8. The smallest absolute Gasteiger partial charge is 0.435 e. The second-order valence-electron chi connectivity index (χ2n) is 4.33. The van der Waals surface area contributed by atoms with Gasteiger partial charge < -0.3 is 19.4 Å². The van der Waals surface area contributed by atoms with E-state index in [1.165, 1.54) is 0 Å². The van der Waals surface area contributed by atoms with Crippen molar-refractivity contribution in [1.29, 1.82) is 0 Å². The van der Waals surface area contributed by atoms with Gasteiger partial charge >= 0.3 is 22.6 Å². The Hall–Kier alpha value is 0.0348. The van der Waals surface area contributed by atoms with Gasteiger partial charge in [0.2, 0.25) is 0 Å². The molecule has 7 heteroatoms. The second kappa shape index (κ2) is 6.58. The summed E-state index contributed by atoms with van der Waals surface area (Å²) in [4.78, 5) is 0. The van der Waals surface area contributed by atoms with Crippen LogP contribution in [0.3, 0.4) is 0 Å². The van der Waals surface area contributed by atoms with Crippen molar-refractivity contribution in [1.82, 2.24) is 0 Å². The lowest BCUT2D eigenvalue weighted by Crippen LogP contribution is -2.45. The van der Waals surface area contributed by atoms with Crippen LogP contribution in [0.1, 0.15) is 40.5 Å². The Balaban J connectivity index is 4.20. The summed E-state index contributed by atoms with van der Waals surface area (Å²) in [6.45, 7) is 7.69. The van der Waals surface area contributed by atoms with Gasteiger partial charge in [0.15, 0.2) is 0 Å². The maximum atomic E-state index is 9.17. The van der Waals surface area contributed by atoms with Crippen LogP contribution in [-0.4, -0.2) is 43.7 Å². The Kier molecular flexibility index (Phi) is 6.60. The third-order valence-corrected chi connectivity index (χ3v) is 2.97. The molecule has 0 radical (unpaired) electrons. The molecule has 0 fully saturated rings. The molecule has 4 nitrogen and oxygen atoms in total. The van der Waals surface area contributed by atoms with E-state index >= 15 is 0 Å². The number of hydrogen-bond donors (Lipinski definition) is 2. The number of hydrogen-bond acceptors (Lipinski definition) is 4. The minimum atomic E-state index is -0.519. The van der Waals surface area contributed by atoms with Crippen LogP contribution in [0.2, 0.25) is 0 Å². The highest BCUT2D eigenvalue weighted by molar-refractivity contribution is 6.37. The predicted octanol–water partition coefficient (Wildman–Crippen LogP) is -0.774. The lowest BCUT2D eigenvalue weighted by Gasteiger charge is -2.33. The van der Waals surface area contributed by atoms with E-state index in [0.717, 1.165) is 12.8 Å². The highest BCUT2D eigenvalue weighted by Crippen LogP contribution is 2.18. The predicted molar refractivity (Wildman–Crippen MR) is 65.4 cm³/mol. The average molecular weight is 214 g/mol. The van der Waals surface area contributed by atoms with Crippen LogP contribution in [0.4, 0.5) is 0 Å². The van der Waals surface area contributed by atoms with Gasteiger partial charge in [-0.2, -0.15) is 0 Å². The molecule has 0 rings (SSSR count). The van der Waals surface area contributed by atoms with Crippen molar-refractivity contribution in [2.75, 3.05) is 0 Å². The van der Waals surface area contributed by atoms with Crippen molar-refractivity contribution in [3.05, 3.63) is 0 Å². The average Bonchev–Trinajstić information content (AvgIpc) is 2.26. The minimum Gasteiger partial charge on any atom is -0.451 e. The molecule has 2 N–H and O–H groups in total. The first kappa shape index (κ1) is 15.0. The molecule has 0 amide bonds. The van der Waals surface area contributed by atoms with E-state index in [9.17, 15) is 0 Å². The molecule has 0 aliphatic rings. The first-order valence-electron chi connectivity index (χ1n) is 5.45. The van der Waals surface area contributed by atoms with E-state index < -0.39 is 11.0 Å². The van der Waals surface area contributed by atoms with Gasteiger partial charge in [-0.05, 0) is 26.7 Å². The molecule has 0 aromatic carbocycles. The topological polar surface area (TPSA) is 58.9 Å². The molecule has 0 aromatic rings. The summed E-state index contributed by atoms with van der Waals surface area (Å²) in [5, 5.41) is 17.9. The summed E-state index contributed by atoms with van der Waals surface area (Å²) in [6.07, 6.45) is 1.49. The van der Waals surface area contributed by atoms with Crippen molar-refractivity contribution in [2.24, 2.45) is 0 Å². The van der Waals surface area contributed by atoms with Crippen LogP contribution in [0, 0.1) is 0 Å². The van der Waals surface area contributed by atoms with Gasteiger partial charge in [0.25, 0.3) is 0 Å². The van der Waals surface area contributed by atoms with E-state index in [-0.39, 0.29) is 15.2 Å². The zero-order valence-electron chi connectivity index (χ0n) is 10.2. The van der Waals surface area contributed by atoms with Gasteiger partial charge in [0.1, 0.15) is 0 Å². The SMILES string of the molecule is CCC(C)(BO)OBC(C)(CC)OBO. The van der Waals surface area contributed by atoms with E-state index in [1.807, 2.05) is 27.7 Å². The van der Waals surface area contributed by atoms with Gasteiger partial charge in [-0.3, -0.25) is 0 Å². The Morgan fingerprint density at radius 2 is 1.53 bits per heavy atom. The molecule has 0 aliphatic carbocycles. The maximum absolute atomic E-state index is 9.17. The van der Waals surface area contributed by atoms with E-state index in [0.29, 0.717) is 7.48 Å². The summed E-state index contributed by atoms with van der Waals surface area (Å²) in [5.74, 6) is 0. The minimum absolute atomic E-state index is 0.0115. The van der Waals surface area contributed by atoms with Crippen LogP contribution in [0.15, 0.2) is 0 Å². The zero-order valence-corrected chi connectivity index (χ0v) is 10.2.